The van der Waals surface area contributed by atoms with E-state index in [1.807, 2.05) is 53.2 Å². The first-order valence-electron chi connectivity index (χ1n) is 7.33. The van der Waals surface area contributed by atoms with E-state index in [2.05, 4.69) is 31.2 Å². The second-order valence-corrected chi connectivity index (χ2v) is 8.03. The molecule has 3 aromatic heterocycles. The zero-order chi connectivity index (χ0) is 17.6. The molecular formula is C17H11BrCl2N4S. The van der Waals surface area contributed by atoms with Gasteiger partial charge in [0.1, 0.15) is 11.3 Å². The molecule has 1 N–H and O–H groups in total. The molecule has 3 heterocycles. The third-order valence-electron chi connectivity index (χ3n) is 3.68. The largest absolute Gasteiger partial charge is 0.330 e. The maximum absolute atomic E-state index is 6.26. The monoisotopic (exact) mass is 452 g/mol. The molecule has 0 aliphatic heterocycles. The molecule has 0 saturated carbocycles. The van der Waals surface area contributed by atoms with Crippen molar-refractivity contribution >= 4 is 66.9 Å². The number of rotatable bonds is 3. The molecule has 25 heavy (non-hydrogen) atoms. The number of imidazole rings is 1. The first-order chi connectivity index (χ1) is 12.0. The van der Waals surface area contributed by atoms with Gasteiger partial charge in [0.25, 0.3) is 0 Å². The van der Waals surface area contributed by atoms with E-state index in [9.17, 15) is 0 Å². The number of aromatic nitrogens is 3. The number of thiazole rings is 1. The number of pyridine rings is 1. The highest BCUT2D eigenvalue weighted by Crippen LogP contribution is 2.33. The second kappa shape index (κ2) is 6.61. The Morgan fingerprint density at radius 2 is 2.00 bits per heavy atom. The number of aryl methyl sites for hydroxylation is 1. The van der Waals surface area contributed by atoms with Crippen molar-refractivity contribution in [2.45, 2.75) is 6.92 Å². The summed E-state index contributed by atoms with van der Waals surface area (Å²) in [5.41, 5.74) is 4.33. The molecule has 0 aliphatic carbocycles. The molecule has 126 valence electrons. The number of halogens is 3. The molecule has 0 unspecified atom stereocenters. The Hall–Kier alpha value is -1.60. The molecule has 0 fully saturated rings. The van der Waals surface area contributed by atoms with Gasteiger partial charge in [-0.3, -0.25) is 4.40 Å². The predicted octanol–water partition coefficient (Wildman–Crippen LogP) is 6.58. The van der Waals surface area contributed by atoms with Crippen LogP contribution < -0.4 is 5.32 Å². The minimum absolute atomic E-state index is 0.629. The SMILES string of the molecule is Cc1nc2ccc(Cl)cn2c1-c1csc(Nc2ccc(Br)cc2Cl)n1. The highest BCUT2D eigenvalue weighted by molar-refractivity contribution is 9.10. The van der Waals surface area contributed by atoms with Crippen LogP contribution in [0, 0.1) is 6.92 Å². The lowest BCUT2D eigenvalue weighted by Gasteiger charge is -2.05. The van der Waals surface area contributed by atoms with Crippen molar-refractivity contribution in [2.24, 2.45) is 0 Å². The Morgan fingerprint density at radius 3 is 2.80 bits per heavy atom. The van der Waals surface area contributed by atoms with Gasteiger partial charge < -0.3 is 5.32 Å². The second-order valence-electron chi connectivity index (χ2n) is 5.41. The molecule has 4 aromatic rings. The highest BCUT2D eigenvalue weighted by atomic mass is 79.9. The van der Waals surface area contributed by atoms with E-state index in [-0.39, 0.29) is 0 Å². The Balaban J connectivity index is 1.72. The zero-order valence-electron chi connectivity index (χ0n) is 12.9. The third kappa shape index (κ3) is 3.27. The lowest BCUT2D eigenvalue weighted by Crippen LogP contribution is -1.92. The zero-order valence-corrected chi connectivity index (χ0v) is 16.8. The topological polar surface area (TPSA) is 42.2 Å². The summed E-state index contributed by atoms with van der Waals surface area (Å²) in [4.78, 5) is 9.26. The Morgan fingerprint density at radius 1 is 1.16 bits per heavy atom. The van der Waals surface area contributed by atoms with Gasteiger partial charge in [0, 0.05) is 16.0 Å². The molecule has 0 bridgehead atoms. The maximum Gasteiger partial charge on any atom is 0.187 e. The average Bonchev–Trinajstić information content (AvgIpc) is 3.13. The van der Waals surface area contributed by atoms with Crippen LogP contribution in [0.5, 0.6) is 0 Å². The number of nitrogens with zero attached hydrogens (tertiary/aromatic N) is 3. The molecule has 0 atom stereocenters. The standard InChI is InChI=1S/C17H11BrCl2N4S/c1-9-16(24-7-11(19)3-5-15(24)21-9)14-8-25-17(23-14)22-13-4-2-10(18)6-12(13)20/h2-8H,1H3,(H,22,23). The van der Waals surface area contributed by atoms with Crippen molar-refractivity contribution in [1.29, 1.82) is 0 Å². The quantitative estimate of drug-likeness (QED) is 0.381. The van der Waals surface area contributed by atoms with Crippen LogP contribution in [0.15, 0.2) is 46.4 Å². The molecule has 0 radical (unpaired) electrons. The Bertz CT molecular complexity index is 1090. The first-order valence-corrected chi connectivity index (χ1v) is 9.76. The molecule has 1 aromatic carbocycles. The van der Waals surface area contributed by atoms with E-state index in [1.165, 1.54) is 11.3 Å². The van der Waals surface area contributed by atoms with Crippen molar-refractivity contribution < 1.29 is 0 Å². The van der Waals surface area contributed by atoms with Crippen molar-refractivity contribution in [3.05, 3.63) is 62.1 Å². The van der Waals surface area contributed by atoms with Gasteiger partial charge in [-0.25, -0.2) is 9.97 Å². The third-order valence-corrected chi connectivity index (χ3v) is 5.46. The summed E-state index contributed by atoms with van der Waals surface area (Å²) in [6.45, 7) is 1.97. The predicted molar refractivity (Wildman–Crippen MR) is 108 cm³/mol. The lowest BCUT2D eigenvalue weighted by atomic mass is 10.3. The molecule has 0 amide bonds. The summed E-state index contributed by atoms with van der Waals surface area (Å²) in [6.07, 6.45) is 1.85. The number of hydrogen-bond donors (Lipinski definition) is 1. The summed E-state index contributed by atoms with van der Waals surface area (Å²) in [6, 6.07) is 9.41. The van der Waals surface area contributed by atoms with Crippen molar-refractivity contribution in [1.82, 2.24) is 14.4 Å². The first kappa shape index (κ1) is 16.8. The van der Waals surface area contributed by atoms with Gasteiger partial charge >= 0.3 is 0 Å². The number of anilines is 2. The van der Waals surface area contributed by atoms with E-state index in [0.29, 0.717) is 10.0 Å². The number of fused-ring (bicyclic) bond motifs is 1. The molecule has 0 saturated heterocycles. The van der Waals surface area contributed by atoms with Crippen LogP contribution in [0.3, 0.4) is 0 Å². The summed E-state index contributed by atoms with van der Waals surface area (Å²) < 4.78 is 2.89. The van der Waals surface area contributed by atoms with E-state index < -0.39 is 0 Å². The van der Waals surface area contributed by atoms with Crippen LogP contribution in [0.2, 0.25) is 10.0 Å². The van der Waals surface area contributed by atoms with Crippen LogP contribution >= 0.6 is 50.5 Å². The molecule has 4 rings (SSSR count). The molecule has 8 heteroatoms. The summed E-state index contributed by atoms with van der Waals surface area (Å²) in [5.74, 6) is 0. The van der Waals surface area contributed by atoms with E-state index in [4.69, 9.17) is 23.2 Å². The van der Waals surface area contributed by atoms with Gasteiger partial charge in [-0.2, -0.15) is 0 Å². The number of hydrogen-bond acceptors (Lipinski definition) is 4. The number of benzene rings is 1. The van der Waals surface area contributed by atoms with E-state index in [0.717, 1.165) is 38.0 Å². The average molecular weight is 454 g/mol. The van der Waals surface area contributed by atoms with Crippen molar-refractivity contribution in [3.63, 3.8) is 0 Å². The molecule has 0 spiro atoms. The summed E-state index contributed by atoms with van der Waals surface area (Å²) in [5, 5.41) is 7.29. The van der Waals surface area contributed by atoms with Crippen molar-refractivity contribution in [3.8, 4) is 11.4 Å². The van der Waals surface area contributed by atoms with Crippen molar-refractivity contribution in [2.75, 3.05) is 5.32 Å². The molecule has 4 nitrogen and oxygen atoms in total. The lowest BCUT2D eigenvalue weighted by molar-refractivity contribution is 1.17. The summed E-state index contributed by atoms with van der Waals surface area (Å²) in [7, 11) is 0. The smallest absolute Gasteiger partial charge is 0.187 e. The van der Waals surface area contributed by atoms with Gasteiger partial charge in [0.2, 0.25) is 0 Å². The maximum atomic E-state index is 6.26. The molecule has 0 aliphatic rings. The van der Waals surface area contributed by atoms with Crippen LogP contribution in [0.4, 0.5) is 10.8 Å². The van der Waals surface area contributed by atoms with Crippen LogP contribution in [-0.4, -0.2) is 14.4 Å². The van der Waals surface area contributed by atoms with Crippen LogP contribution in [0.1, 0.15) is 5.69 Å². The van der Waals surface area contributed by atoms with E-state index in [1.54, 1.807) is 0 Å². The van der Waals surface area contributed by atoms with Gasteiger partial charge in [-0.1, -0.05) is 39.1 Å². The minimum Gasteiger partial charge on any atom is -0.330 e. The van der Waals surface area contributed by atoms with Gasteiger partial charge in [0.15, 0.2) is 5.13 Å². The van der Waals surface area contributed by atoms with Gasteiger partial charge in [0.05, 0.1) is 27.1 Å². The minimum atomic E-state index is 0.629. The summed E-state index contributed by atoms with van der Waals surface area (Å²) >= 11 is 17.3. The molecular weight excluding hydrogens is 443 g/mol. The Kier molecular flexibility index (Phi) is 4.45. The van der Waals surface area contributed by atoms with Gasteiger partial charge in [-0.05, 0) is 37.3 Å². The van der Waals surface area contributed by atoms with Crippen LogP contribution in [-0.2, 0) is 0 Å². The fraction of sp³-hybridized carbons (Fsp3) is 0.0588. The highest BCUT2D eigenvalue weighted by Gasteiger charge is 2.15. The number of nitrogens with one attached hydrogen (secondary N) is 1. The Labute approximate surface area is 166 Å². The van der Waals surface area contributed by atoms with E-state index >= 15 is 0 Å². The van der Waals surface area contributed by atoms with Gasteiger partial charge in [-0.15, -0.1) is 11.3 Å². The van der Waals surface area contributed by atoms with Crippen LogP contribution in [0.25, 0.3) is 17.0 Å². The fourth-order valence-corrected chi connectivity index (χ4v) is 4.18. The fourth-order valence-electron chi connectivity index (χ4n) is 2.59. The normalized spacial score (nSPS) is 11.2.